The smallest absolute Gasteiger partial charge is 0.268 e. The van der Waals surface area contributed by atoms with Crippen LogP contribution in [0.4, 0.5) is 5.82 Å². The van der Waals surface area contributed by atoms with Crippen LogP contribution in [-0.2, 0) is 0 Å². The molecule has 0 spiro atoms. The molecule has 1 atom stereocenters. The molecule has 0 radical (unpaired) electrons. The summed E-state index contributed by atoms with van der Waals surface area (Å²) in [5.41, 5.74) is 9.70. The lowest BCUT2D eigenvalue weighted by molar-refractivity contribution is 0.614. The van der Waals surface area contributed by atoms with Gasteiger partial charge in [-0.25, -0.2) is 10.2 Å². The van der Waals surface area contributed by atoms with Crippen LogP contribution in [0.2, 0.25) is 17.0 Å². The standard InChI is InChI=1S/C16H15BClN5S/c18-15-11(3-5-24-15)12-8-21-23-14(20)6-13(22-16(12)23)10-2-1-4-17(7-10)9-19/h3,5-6,8,10H,1-2,4,7,20H2. The largest absolute Gasteiger partial charge is 0.384 e. The van der Waals surface area contributed by atoms with Gasteiger partial charge in [-0.15, -0.1) is 11.3 Å². The van der Waals surface area contributed by atoms with Crippen molar-refractivity contribution >= 4 is 41.1 Å². The minimum Gasteiger partial charge on any atom is -0.384 e. The number of nitrogen functional groups attached to an aromatic ring is 1. The Bertz CT molecular complexity index is 944. The number of hydrogen-bond donors (Lipinski definition) is 1. The van der Waals surface area contributed by atoms with Gasteiger partial charge in [-0.3, -0.25) is 0 Å². The Morgan fingerprint density at radius 1 is 1.46 bits per heavy atom. The van der Waals surface area contributed by atoms with Crippen LogP contribution in [0.25, 0.3) is 16.8 Å². The van der Waals surface area contributed by atoms with E-state index in [9.17, 15) is 5.26 Å². The van der Waals surface area contributed by atoms with E-state index < -0.39 is 0 Å². The highest BCUT2D eigenvalue weighted by Crippen LogP contribution is 2.37. The van der Waals surface area contributed by atoms with E-state index in [0.29, 0.717) is 5.82 Å². The minimum atomic E-state index is 0.110. The minimum absolute atomic E-state index is 0.110. The zero-order valence-electron chi connectivity index (χ0n) is 12.9. The molecule has 1 aliphatic heterocycles. The van der Waals surface area contributed by atoms with Crippen molar-refractivity contribution in [1.29, 1.82) is 5.26 Å². The molecule has 8 heteroatoms. The van der Waals surface area contributed by atoms with E-state index in [0.717, 1.165) is 52.3 Å². The third-order valence-corrected chi connectivity index (χ3v) is 5.87. The van der Waals surface area contributed by atoms with Gasteiger partial charge in [0, 0.05) is 28.9 Å². The van der Waals surface area contributed by atoms with Crippen LogP contribution < -0.4 is 5.73 Å². The zero-order valence-corrected chi connectivity index (χ0v) is 14.5. The molecule has 1 unspecified atom stereocenters. The monoisotopic (exact) mass is 355 g/mol. The first-order valence-electron chi connectivity index (χ1n) is 7.94. The molecule has 2 N–H and O–H groups in total. The first kappa shape index (κ1) is 15.5. The highest BCUT2D eigenvalue weighted by atomic mass is 35.5. The third-order valence-electron chi connectivity index (χ3n) is 4.70. The molecule has 0 aliphatic carbocycles. The van der Waals surface area contributed by atoms with E-state index in [1.807, 2.05) is 17.5 Å². The summed E-state index contributed by atoms with van der Waals surface area (Å²) < 4.78 is 2.37. The first-order valence-corrected chi connectivity index (χ1v) is 9.20. The molecule has 0 bridgehead atoms. The SMILES string of the molecule is N#CB1CCCC(c2cc(N)n3ncc(-c4ccsc4Cl)c3n2)C1. The first-order chi connectivity index (χ1) is 11.7. The molecule has 4 rings (SSSR count). The summed E-state index contributed by atoms with van der Waals surface area (Å²) in [6, 6.07) is 3.87. The number of aromatic nitrogens is 3. The predicted molar refractivity (Wildman–Crippen MR) is 98.7 cm³/mol. The fourth-order valence-electron chi connectivity index (χ4n) is 3.47. The molecule has 5 nitrogen and oxygen atoms in total. The lowest BCUT2D eigenvalue weighted by Gasteiger charge is -2.23. The van der Waals surface area contributed by atoms with Gasteiger partial charge in [-0.2, -0.15) is 9.61 Å². The molecule has 3 aromatic rings. The van der Waals surface area contributed by atoms with E-state index in [1.54, 1.807) is 10.7 Å². The summed E-state index contributed by atoms with van der Waals surface area (Å²) in [5, 5.41) is 15.5. The van der Waals surface area contributed by atoms with Gasteiger partial charge in [0.15, 0.2) is 5.65 Å². The number of nitriles is 1. The molecule has 1 fully saturated rings. The van der Waals surface area contributed by atoms with Crippen molar-refractivity contribution in [3.05, 3.63) is 33.7 Å². The van der Waals surface area contributed by atoms with Gasteiger partial charge >= 0.3 is 0 Å². The zero-order chi connectivity index (χ0) is 16.7. The van der Waals surface area contributed by atoms with Crippen LogP contribution in [0, 0.1) is 11.2 Å². The number of rotatable bonds is 2. The van der Waals surface area contributed by atoms with Gasteiger partial charge in [0.25, 0.3) is 6.71 Å². The normalized spacial score (nSPS) is 18.0. The van der Waals surface area contributed by atoms with Crippen molar-refractivity contribution in [2.45, 2.75) is 31.4 Å². The predicted octanol–water partition coefficient (Wildman–Crippen LogP) is 4.13. The number of nitrogens with two attached hydrogens (primary N) is 1. The molecular formula is C16H15BClN5S. The summed E-state index contributed by atoms with van der Waals surface area (Å²) in [5.74, 6) is 3.24. The number of hydrogen-bond acceptors (Lipinski definition) is 5. The topological polar surface area (TPSA) is 80.0 Å². The molecule has 0 saturated carbocycles. The summed E-state index contributed by atoms with van der Waals surface area (Å²) >= 11 is 7.77. The number of thiophene rings is 1. The van der Waals surface area contributed by atoms with Gasteiger partial charge in [0.2, 0.25) is 0 Å². The molecule has 0 amide bonds. The van der Waals surface area contributed by atoms with Crippen molar-refractivity contribution in [2.24, 2.45) is 0 Å². The molecule has 3 aromatic heterocycles. The Balaban J connectivity index is 1.81. The van der Waals surface area contributed by atoms with Crippen LogP contribution in [0.15, 0.2) is 23.7 Å². The fourth-order valence-corrected chi connectivity index (χ4v) is 4.41. The van der Waals surface area contributed by atoms with Crippen LogP contribution in [0.5, 0.6) is 0 Å². The van der Waals surface area contributed by atoms with Crippen LogP contribution in [-0.4, -0.2) is 21.3 Å². The molecule has 4 heterocycles. The van der Waals surface area contributed by atoms with Crippen molar-refractivity contribution in [3.63, 3.8) is 0 Å². The van der Waals surface area contributed by atoms with Crippen molar-refractivity contribution < 1.29 is 0 Å². The maximum absolute atomic E-state index is 9.23. The van der Waals surface area contributed by atoms with E-state index in [1.165, 1.54) is 11.3 Å². The Labute approximate surface area is 149 Å². The van der Waals surface area contributed by atoms with Gasteiger partial charge < -0.3 is 5.73 Å². The Hall–Kier alpha value is -2.04. The Kier molecular flexibility index (Phi) is 3.95. The van der Waals surface area contributed by atoms with Gasteiger partial charge in [-0.05, 0) is 23.8 Å². The maximum atomic E-state index is 9.23. The highest BCUT2D eigenvalue weighted by molar-refractivity contribution is 7.15. The fraction of sp³-hybridized carbons (Fsp3) is 0.312. The van der Waals surface area contributed by atoms with Gasteiger partial charge in [0.1, 0.15) is 10.2 Å². The lowest BCUT2D eigenvalue weighted by atomic mass is 9.41. The van der Waals surface area contributed by atoms with Crippen molar-refractivity contribution in [2.75, 3.05) is 5.73 Å². The van der Waals surface area contributed by atoms with Crippen LogP contribution in [0.3, 0.4) is 0 Å². The highest BCUT2D eigenvalue weighted by Gasteiger charge is 2.28. The molecule has 1 saturated heterocycles. The number of nitrogens with zero attached hydrogens (tertiary/aromatic N) is 4. The maximum Gasteiger partial charge on any atom is 0.268 e. The average molecular weight is 356 g/mol. The summed E-state index contributed by atoms with van der Waals surface area (Å²) in [6.45, 7) is 0.110. The second-order valence-electron chi connectivity index (χ2n) is 6.20. The van der Waals surface area contributed by atoms with E-state index in [-0.39, 0.29) is 12.6 Å². The van der Waals surface area contributed by atoms with Gasteiger partial charge in [0.05, 0.1) is 6.20 Å². The average Bonchev–Trinajstić information content (AvgIpc) is 3.20. The van der Waals surface area contributed by atoms with E-state index in [2.05, 4.69) is 11.1 Å². The molecule has 0 aromatic carbocycles. The number of anilines is 1. The lowest BCUT2D eigenvalue weighted by Crippen LogP contribution is -2.21. The van der Waals surface area contributed by atoms with Crippen LogP contribution in [0.1, 0.15) is 24.5 Å². The Morgan fingerprint density at radius 3 is 3.08 bits per heavy atom. The molecule has 24 heavy (non-hydrogen) atoms. The van der Waals surface area contributed by atoms with Crippen molar-refractivity contribution in [1.82, 2.24) is 14.6 Å². The quantitative estimate of drug-likeness (QED) is 0.701. The summed E-state index contributed by atoms with van der Waals surface area (Å²) in [7, 11) is 0. The second kappa shape index (κ2) is 6.12. The Morgan fingerprint density at radius 2 is 2.33 bits per heavy atom. The van der Waals surface area contributed by atoms with Gasteiger partial charge in [-0.1, -0.05) is 30.7 Å². The van der Waals surface area contributed by atoms with Crippen molar-refractivity contribution in [3.8, 4) is 17.1 Å². The van der Waals surface area contributed by atoms with E-state index in [4.69, 9.17) is 22.3 Å². The molecule has 1 aliphatic rings. The van der Waals surface area contributed by atoms with Crippen LogP contribution >= 0.6 is 22.9 Å². The molecular weight excluding hydrogens is 341 g/mol. The number of halogens is 1. The second-order valence-corrected chi connectivity index (χ2v) is 7.72. The number of fused-ring (bicyclic) bond motifs is 1. The van der Waals surface area contributed by atoms with E-state index >= 15 is 0 Å². The third kappa shape index (κ3) is 2.56. The summed E-state index contributed by atoms with van der Waals surface area (Å²) in [6.07, 6.45) is 5.69. The molecule has 120 valence electrons. The summed E-state index contributed by atoms with van der Waals surface area (Å²) in [4.78, 5) is 4.84.